The third kappa shape index (κ3) is 3.28. The predicted octanol–water partition coefficient (Wildman–Crippen LogP) is 2.87. The van der Waals surface area contributed by atoms with E-state index in [1.165, 1.54) is 0 Å². The van der Waals surface area contributed by atoms with E-state index in [0.717, 1.165) is 25.7 Å². The Morgan fingerprint density at radius 2 is 2.21 bits per heavy atom. The number of fused-ring (bicyclic) bond motifs is 3. The third-order valence-corrected chi connectivity index (χ3v) is 6.79. The Morgan fingerprint density at radius 1 is 1.39 bits per heavy atom. The molecule has 3 saturated carbocycles. The van der Waals surface area contributed by atoms with E-state index < -0.39 is 5.72 Å². The fourth-order valence-electron chi connectivity index (χ4n) is 5.31. The van der Waals surface area contributed by atoms with E-state index in [9.17, 15) is 9.59 Å². The summed E-state index contributed by atoms with van der Waals surface area (Å²) in [5.41, 5.74) is -0.286. The van der Waals surface area contributed by atoms with Crippen LogP contribution in [0.3, 0.4) is 0 Å². The number of carbonyl (C=O) groups excluding carboxylic acids is 2. The molecular weight excluding hydrogens is 356 g/mol. The molecule has 28 heavy (non-hydrogen) atoms. The lowest BCUT2D eigenvalue weighted by molar-refractivity contribution is -0.167. The lowest BCUT2D eigenvalue weighted by atomic mass is 9.52. The second-order valence-electron chi connectivity index (χ2n) is 8.64. The first kappa shape index (κ1) is 19.2. The highest BCUT2D eigenvalue weighted by Crippen LogP contribution is 2.58. The summed E-state index contributed by atoms with van der Waals surface area (Å²) in [7, 11) is 0. The van der Waals surface area contributed by atoms with E-state index >= 15 is 0 Å². The maximum atomic E-state index is 12.9. The van der Waals surface area contributed by atoms with Crippen LogP contribution in [0.4, 0.5) is 0 Å². The Morgan fingerprint density at radius 3 is 3.00 bits per heavy atom. The molecule has 2 amide bonds. The van der Waals surface area contributed by atoms with Gasteiger partial charge < -0.3 is 20.1 Å². The number of rotatable bonds is 6. The van der Waals surface area contributed by atoms with Gasteiger partial charge in [0.15, 0.2) is 5.72 Å². The molecule has 4 aliphatic rings. The fourth-order valence-corrected chi connectivity index (χ4v) is 5.31. The molecule has 6 nitrogen and oxygen atoms in total. The molecule has 3 fully saturated rings. The maximum absolute atomic E-state index is 12.9. The molecule has 1 aliphatic heterocycles. The number of amides is 2. The monoisotopic (exact) mass is 386 g/mol. The van der Waals surface area contributed by atoms with Gasteiger partial charge in [0.2, 0.25) is 5.91 Å². The molecule has 3 aliphatic carbocycles. The minimum absolute atomic E-state index is 0.0401. The van der Waals surface area contributed by atoms with Crippen LogP contribution in [0.25, 0.3) is 0 Å². The Labute approximate surface area is 166 Å². The molecule has 2 bridgehead atoms. The molecule has 0 unspecified atom stereocenters. The van der Waals surface area contributed by atoms with Gasteiger partial charge in [-0.05, 0) is 50.2 Å². The topological polar surface area (TPSA) is 76.7 Å². The number of nitrogens with one attached hydrogen (secondary N) is 2. The first-order valence-corrected chi connectivity index (χ1v) is 10.4. The average Bonchev–Trinajstić information content (AvgIpc) is 2.67. The summed E-state index contributed by atoms with van der Waals surface area (Å²) in [5.74, 6) is 0.808. The van der Waals surface area contributed by atoms with E-state index in [4.69, 9.17) is 9.47 Å². The van der Waals surface area contributed by atoms with Gasteiger partial charge in [-0.15, -0.1) is 0 Å². The highest BCUT2D eigenvalue weighted by atomic mass is 16.5. The van der Waals surface area contributed by atoms with Crippen LogP contribution in [-0.4, -0.2) is 37.3 Å². The van der Waals surface area contributed by atoms with Gasteiger partial charge in [-0.3, -0.25) is 9.59 Å². The van der Waals surface area contributed by atoms with Crippen LogP contribution in [-0.2, 0) is 9.53 Å². The van der Waals surface area contributed by atoms with E-state index in [0.29, 0.717) is 37.5 Å². The first-order valence-electron chi connectivity index (χ1n) is 10.4. The smallest absolute Gasteiger partial charge is 0.258 e. The lowest BCUT2D eigenvalue weighted by Gasteiger charge is -2.59. The zero-order chi connectivity index (χ0) is 19.8. The largest absolute Gasteiger partial charge is 0.467 e. The van der Waals surface area contributed by atoms with E-state index in [1.54, 1.807) is 6.07 Å². The molecular formula is C22H30N2O4. The summed E-state index contributed by atoms with van der Waals surface area (Å²) in [6, 6.07) is 7.40. The van der Waals surface area contributed by atoms with Crippen LogP contribution in [0.1, 0.15) is 56.3 Å². The van der Waals surface area contributed by atoms with Gasteiger partial charge in [-0.2, -0.15) is 0 Å². The maximum Gasteiger partial charge on any atom is 0.258 e. The zero-order valence-electron chi connectivity index (χ0n) is 16.8. The van der Waals surface area contributed by atoms with Crippen molar-refractivity contribution in [3.63, 3.8) is 0 Å². The number of hydrogen-bond acceptors (Lipinski definition) is 4. The Bertz CT molecular complexity index is 767. The van der Waals surface area contributed by atoms with E-state index in [1.807, 2.05) is 25.1 Å². The Kier molecular flexibility index (Phi) is 5.08. The number of ether oxygens (including phenoxy) is 2. The van der Waals surface area contributed by atoms with Gasteiger partial charge >= 0.3 is 0 Å². The molecule has 152 valence electrons. The molecule has 5 rings (SSSR count). The Hall–Kier alpha value is -2.08. The summed E-state index contributed by atoms with van der Waals surface area (Å²) >= 11 is 0. The molecule has 0 aromatic heterocycles. The zero-order valence-corrected chi connectivity index (χ0v) is 16.8. The summed E-state index contributed by atoms with van der Waals surface area (Å²) in [5, 5.41) is 6.25. The van der Waals surface area contributed by atoms with Crippen LogP contribution >= 0.6 is 0 Å². The summed E-state index contributed by atoms with van der Waals surface area (Å²) in [6.45, 7) is 6.15. The number of carbonyl (C=O) groups is 2. The highest BCUT2D eigenvalue weighted by Gasteiger charge is 2.61. The van der Waals surface area contributed by atoms with Crippen molar-refractivity contribution in [2.24, 2.45) is 17.3 Å². The van der Waals surface area contributed by atoms with Gasteiger partial charge in [-0.1, -0.05) is 19.1 Å². The molecule has 4 atom stereocenters. The summed E-state index contributed by atoms with van der Waals surface area (Å²) in [6.07, 6.45) is 4.19. The van der Waals surface area contributed by atoms with Crippen LogP contribution in [0.2, 0.25) is 0 Å². The fraction of sp³-hybridized carbons (Fsp3) is 0.636. The molecule has 6 heteroatoms. The Balaban J connectivity index is 1.46. The molecule has 1 aromatic carbocycles. The standard InChI is InChI=1S/C22H30N2O4/c1-3-27-12-6-11-23-20(26)17-13-15-9-10-21(17,2)14-22(15)24-19(25)16-7-4-5-8-18(16)28-22/h4-5,7-8,15,17H,3,6,9-14H2,1-2H3,(H,23,26)(H,24,25)/t15-,17-,21-,22+/m1/s1. The van der Waals surface area contributed by atoms with Crippen molar-refractivity contribution in [3.05, 3.63) is 29.8 Å². The minimum atomic E-state index is -0.690. The average molecular weight is 386 g/mol. The first-order chi connectivity index (χ1) is 13.5. The van der Waals surface area contributed by atoms with Crippen molar-refractivity contribution >= 4 is 11.8 Å². The van der Waals surface area contributed by atoms with Gasteiger partial charge in [0.05, 0.1) is 5.56 Å². The SMILES string of the molecule is CCOCCCNC(=O)[C@H]1C[C@H]2CC[C@]1(C)C[C@@]21NC(=O)c2ccccc2O1. The number of para-hydroxylation sites is 1. The number of benzene rings is 1. The van der Waals surface area contributed by atoms with Gasteiger partial charge in [0, 0.05) is 38.0 Å². The van der Waals surface area contributed by atoms with Crippen LogP contribution in [0.5, 0.6) is 5.75 Å². The quantitative estimate of drug-likeness (QED) is 0.737. The summed E-state index contributed by atoms with van der Waals surface area (Å²) in [4.78, 5) is 25.6. The van der Waals surface area contributed by atoms with Crippen molar-refractivity contribution in [1.82, 2.24) is 10.6 Å². The van der Waals surface area contributed by atoms with Crippen molar-refractivity contribution in [3.8, 4) is 5.75 Å². The molecule has 1 spiro atoms. The van der Waals surface area contributed by atoms with E-state index in [-0.39, 0.29) is 29.1 Å². The molecule has 0 radical (unpaired) electrons. The second-order valence-corrected chi connectivity index (χ2v) is 8.64. The van der Waals surface area contributed by atoms with Crippen LogP contribution in [0, 0.1) is 17.3 Å². The predicted molar refractivity (Wildman–Crippen MR) is 105 cm³/mol. The van der Waals surface area contributed by atoms with Crippen molar-refractivity contribution in [2.75, 3.05) is 19.8 Å². The van der Waals surface area contributed by atoms with Crippen LogP contribution in [0.15, 0.2) is 24.3 Å². The van der Waals surface area contributed by atoms with Gasteiger partial charge in [0.1, 0.15) is 5.75 Å². The molecule has 1 aromatic rings. The van der Waals surface area contributed by atoms with E-state index in [2.05, 4.69) is 17.6 Å². The van der Waals surface area contributed by atoms with Crippen molar-refractivity contribution in [2.45, 2.75) is 51.7 Å². The normalized spacial score (nSPS) is 33.1. The lowest BCUT2D eigenvalue weighted by Crippen LogP contribution is -2.69. The van der Waals surface area contributed by atoms with Crippen molar-refractivity contribution < 1.29 is 19.1 Å². The highest BCUT2D eigenvalue weighted by molar-refractivity contribution is 5.98. The molecule has 1 heterocycles. The minimum Gasteiger partial charge on any atom is -0.467 e. The van der Waals surface area contributed by atoms with Gasteiger partial charge in [-0.25, -0.2) is 0 Å². The second kappa shape index (κ2) is 7.39. The molecule has 0 saturated heterocycles. The molecule has 2 N–H and O–H groups in total. The third-order valence-electron chi connectivity index (χ3n) is 6.79. The van der Waals surface area contributed by atoms with Gasteiger partial charge in [0.25, 0.3) is 5.91 Å². The summed E-state index contributed by atoms with van der Waals surface area (Å²) < 4.78 is 11.7. The van der Waals surface area contributed by atoms with Crippen LogP contribution < -0.4 is 15.4 Å². The number of hydrogen-bond donors (Lipinski definition) is 2. The van der Waals surface area contributed by atoms with Crippen molar-refractivity contribution in [1.29, 1.82) is 0 Å².